The Bertz CT molecular complexity index is 1270. The molecule has 5 nitrogen and oxygen atoms in total. The second-order valence-electron chi connectivity index (χ2n) is 6.28. The summed E-state index contributed by atoms with van der Waals surface area (Å²) in [4.78, 5) is 13.1. The van der Waals surface area contributed by atoms with Crippen LogP contribution in [0.1, 0.15) is 5.56 Å². The van der Waals surface area contributed by atoms with Crippen LogP contribution in [0.15, 0.2) is 67.3 Å². The molecule has 0 saturated heterocycles. The van der Waals surface area contributed by atoms with E-state index in [1.165, 1.54) is 30.6 Å². The number of aromatic nitrogens is 3. The molecule has 1 aromatic carbocycles. The van der Waals surface area contributed by atoms with Gasteiger partial charge in [-0.2, -0.15) is 0 Å². The number of nitrogens with zero attached hydrogens (tertiary/aromatic N) is 3. The summed E-state index contributed by atoms with van der Waals surface area (Å²) in [7, 11) is 0. The van der Waals surface area contributed by atoms with Gasteiger partial charge < -0.3 is 11.1 Å². The predicted molar refractivity (Wildman–Crippen MR) is 114 cm³/mol. The topological polar surface area (TPSA) is 88.5 Å². The third kappa shape index (κ3) is 3.58. The summed E-state index contributed by atoms with van der Waals surface area (Å²) in [5.74, 6) is -0.424. The summed E-state index contributed by atoms with van der Waals surface area (Å²) in [6.45, 7) is 0. The highest BCUT2D eigenvalue weighted by Gasteiger charge is 2.14. The van der Waals surface area contributed by atoms with E-state index in [0.29, 0.717) is 27.5 Å². The molecular weight excluding hydrogens is 389 g/mol. The molecule has 0 aliphatic rings. The maximum atomic E-state index is 14.5. The Balaban J connectivity index is 1.99. The summed E-state index contributed by atoms with van der Waals surface area (Å²) in [6.07, 6.45) is 7.48. The smallest absolute Gasteiger partial charge is 0.160 e. The number of rotatable bonds is 4. The molecule has 0 aliphatic heterocycles. The number of halogens is 2. The van der Waals surface area contributed by atoms with Gasteiger partial charge in [-0.3, -0.25) is 4.98 Å². The first-order valence-electron chi connectivity index (χ1n) is 8.70. The number of hydrogen-bond donors (Lipinski definition) is 2. The summed E-state index contributed by atoms with van der Waals surface area (Å²) < 4.78 is 14.5. The quantitative estimate of drug-likeness (QED) is 0.464. The summed E-state index contributed by atoms with van der Waals surface area (Å²) in [5.41, 5.74) is 9.59. The molecule has 0 radical (unpaired) electrons. The monoisotopic (exact) mass is 403 g/mol. The molecule has 29 heavy (non-hydrogen) atoms. The highest BCUT2D eigenvalue weighted by Crippen LogP contribution is 2.33. The van der Waals surface area contributed by atoms with Crippen molar-refractivity contribution < 1.29 is 4.39 Å². The lowest BCUT2D eigenvalue weighted by atomic mass is 9.98. The SMILES string of the molecule is N=CC(=CN)c1cncc(-c2cc(-c3cc(Cl)ccc3F)nc3ncccc23)c1. The standard InChI is InChI=1S/C22H15ClFN5/c23-16-3-4-20(24)19(7-16)21-8-18(17-2-1-5-28-22(17)29-21)14-6-13(11-27-12-14)15(9-25)10-26/h1-12,25H,26H2. The van der Waals surface area contributed by atoms with Crippen LogP contribution < -0.4 is 5.73 Å². The third-order valence-electron chi connectivity index (χ3n) is 4.51. The van der Waals surface area contributed by atoms with Gasteiger partial charge in [0.2, 0.25) is 0 Å². The minimum atomic E-state index is -0.424. The molecule has 0 saturated carbocycles. The van der Waals surface area contributed by atoms with Crippen LogP contribution in [0.3, 0.4) is 0 Å². The minimum absolute atomic E-state index is 0.289. The van der Waals surface area contributed by atoms with Gasteiger partial charge in [-0.05, 0) is 48.0 Å². The Morgan fingerprint density at radius 3 is 2.76 bits per heavy atom. The van der Waals surface area contributed by atoms with Gasteiger partial charge in [0, 0.05) is 63.7 Å². The lowest BCUT2D eigenvalue weighted by Gasteiger charge is -2.11. The maximum absolute atomic E-state index is 14.5. The van der Waals surface area contributed by atoms with Gasteiger partial charge in [0.15, 0.2) is 5.65 Å². The average molecular weight is 404 g/mol. The molecule has 3 heterocycles. The molecule has 0 amide bonds. The van der Waals surface area contributed by atoms with Crippen molar-refractivity contribution >= 4 is 34.4 Å². The zero-order chi connectivity index (χ0) is 20.4. The van der Waals surface area contributed by atoms with E-state index in [4.69, 9.17) is 22.7 Å². The fourth-order valence-corrected chi connectivity index (χ4v) is 3.27. The molecule has 142 valence electrons. The van der Waals surface area contributed by atoms with E-state index >= 15 is 0 Å². The molecule has 7 heteroatoms. The molecule has 0 unspecified atom stereocenters. The number of benzene rings is 1. The highest BCUT2D eigenvalue weighted by molar-refractivity contribution is 6.30. The number of nitrogens with one attached hydrogen (secondary N) is 1. The summed E-state index contributed by atoms with van der Waals surface area (Å²) in [5, 5.41) is 8.73. The van der Waals surface area contributed by atoms with Gasteiger partial charge in [-0.15, -0.1) is 0 Å². The van der Waals surface area contributed by atoms with Crippen LogP contribution >= 0.6 is 11.6 Å². The number of nitrogens with two attached hydrogens (primary N) is 1. The zero-order valence-electron chi connectivity index (χ0n) is 15.1. The molecule has 3 aromatic heterocycles. The van der Waals surface area contributed by atoms with Gasteiger partial charge in [-0.1, -0.05) is 11.6 Å². The maximum Gasteiger partial charge on any atom is 0.160 e. The van der Waals surface area contributed by atoms with Crippen LogP contribution in [-0.4, -0.2) is 21.2 Å². The Kier molecular flexibility index (Phi) is 5.01. The van der Waals surface area contributed by atoms with Gasteiger partial charge >= 0.3 is 0 Å². The normalized spacial score (nSPS) is 11.6. The second-order valence-corrected chi connectivity index (χ2v) is 6.72. The first kappa shape index (κ1) is 18.7. The Hall–Kier alpha value is -3.64. The van der Waals surface area contributed by atoms with Crippen molar-refractivity contribution in [1.29, 1.82) is 5.41 Å². The lowest BCUT2D eigenvalue weighted by Crippen LogP contribution is -1.96. The summed E-state index contributed by atoms with van der Waals surface area (Å²) >= 11 is 6.07. The fourth-order valence-electron chi connectivity index (χ4n) is 3.10. The van der Waals surface area contributed by atoms with E-state index in [0.717, 1.165) is 16.5 Å². The van der Waals surface area contributed by atoms with Crippen molar-refractivity contribution in [2.24, 2.45) is 5.73 Å². The van der Waals surface area contributed by atoms with Gasteiger partial charge in [0.05, 0.1) is 5.69 Å². The highest BCUT2D eigenvalue weighted by atomic mass is 35.5. The number of allylic oxidation sites excluding steroid dienone is 1. The average Bonchev–Trinajstić information content (AvgIpc) is 2.76. The Morgan fingerprint density at radius 2 is 1.97 bits per heavy atom. The van der Waals surface area contributed by atoms with E-state index in [9.17, 15) is 4.39 Å². The molecular formula is C22H15ClFN5. The van der Waals surface area contributed by atoms with Gasteiger partial charge in [0.25, 0.3) is 0 Å². The molecule has 4 aromatic rings. The molecule has 0 bridgehead atoms. The van der Waals surface area contributed by atoms with E-state index in [-0.39, 0.29) is 5.56 Å². The van der Waals surface area contributed by atoms with Crippen molar-refractivity contribution in [1.82, 2.24) is 15.0 Å². The van der Waals surface area contributed by atoms with E-state index < -0.39 is 5.82 Å². The van der Waals surface area contributed by atoms with Crippen LogP contribution in [0.25, 0.3) is 39.0 Å². The summed E-state index contributed by atoms with van der Waals surface area (Å²) in [6, 6.07) is 11.7. The first-order chi connectivity index (χ1) is 14.1. The molecule has 4 rings (SSSR count). The third-order valence-corrected chi connectivity index (χ3v) is 4.74. The number of hydrogen-bond acceptors (Lipinski definition) is 5. The van der Waals surface area contributed by atoms with Crippen molar-refractivity contribution in [2.45, 2.75) is 0 Å². The number of pyridine rings is 3. The largest absolute Gasteiger partial charge is 0.404 e. The second kappa shape index (κ2) is 7.77. The van der Waals surface area contributed by atoms with Crippen LogP contribution in [0, 0.1) is 11.2 Å². The van der Waals surface area contributed by atoms with Crippen LogP contribution in [0.4, 0.5) is 4.39 Å². The first-order valence-corrected chi connectivity index (χ1v) is 9.08. The molecule has 0 aliphatic carbocycles. The van der Waals surface area contributed by atoms with Crippen LogP contribution in [-0.2, 0) is 0 Å². The van der Waals surface area contributed by atoms with Crippen LogP contribution in [0.2, 0.25) is 5.02 Å². The Labute approximate surface area is 171 Å². The Morgan fingerprint density at radius 1 is 1.10 bits per heavy atom. The van der Waals surface area contributed by atoms with Crippen molar-refractivity contribution in [3.63, 3.8) is 0 Å². The van der Waals surface area contributed by atoms with E-state index in [1.54, 1.807) is 24.7 Å². The lowest BCUT2D eigenvalue weighted by molar-refractivity contribution is 0.631. The molecule has 0 atom stereocenters. The number of fused-ring (bicyclic) bond motifs is 1. The van der Waals surface area contributed by atoms with Crippen molar-refractivity contribution in [3.8, 4) is 22.4 Å². The zero-order valence-corrected chi connectivity index (χ0v) is 15.9. The predicted octanol–water partition coefficient (Wildman–Crippen LogP) is 5.10. The van der Waals surface area contributed by atoms with E-state index in [2.05, 4.69) is 15.0 Å². The fraction of sp³-hybridized carbons (Fsp3) is 0. The van der Waals surface area contributed by atoms with Crippen molar-refractivity contribution in [3.05, 3.63) is 83.7 Å². The molecule has 0 spiro atoms. The van der Waals surface area contributed by atoms with Gasteiger partial charge in [0.1, 0.15) is 5.82 Å². The minimum Gasteiger partial charge on any atom is -0.404 e. The van der Waals surface area contributed by atoms with E-state index in [1.807, 2.05) is 18.2 Å². The molecule has 0 fully saturated rings. The van der Waals surface area contributed by atoms with Gasteiger partial charge in [-0.25, -0.2) is 14.4 Å². The van der Waals surface area contributed by atoms with Crippen molar-refractivity contribution in [2.75, 3.05) is 0 Å². The van der Waals surface area contributed by atoms with Crippen LogP contribution in [0.5, 0.6) is 0 Å². The molecule has 3 N–H and O–H groups in total.